The van der Waals surface area contributed by atoms with Gasteiger partial charge in [-0.2, -0.15) is 0 Å². The fourth-order valence-electron chi connectivity index (χ4n) is 0. The van der Waals surface area contributed by atoms with Crippen LogP contribution in [0.3, 0.4) is 0 Å². The molecule has 0 aromatic rings. The SMILES string of the molecule is C.N.O.[Ti].[Zr]. The van der Waals surface area contributed by atoms with Gasteiger partial charge in [0.1, 0.15) is 0 Å². The predicted molar refractivity (Wildman–Crippen MR) is 15.4 cm³/mol. The molecule has 0 atom stereocenters. The second-order valence-corrected chi connectivity index (χ2v) is 0. The van der Waals surface area contributed by atoms with Crippen molar-refractivity contribution in [2.24, 2.45) is 0 Å². The van der Waals surface area contributed by atoms with Crippen LogP contribution in [0.15, 0.2) is 0 Å². The summed E-state index contributed by atoms with van der Waals surface area (Å²) < 4.78 is 0. The maximum absolute atomic E-state index is 0. The first-order valence-corrected chi connectivity index (χ1v) is 0. The average Bonchev–Trinajstić information content (AvgIpc) is 0. The zero-order chi connectivity index (χ0) is 0. The monoisotopic (exact) mass is 189 g/mol. The molecule has 0 heterocycles. The van der Waals surface area contributed by atoms with Gasteiger partial charge in [0, 0.05) is 47.9 Å². The molecule has 0 saturated heterocycles. The summed E-state index contributed by atoms with van der Waals surface area (Å²) >= 11 is 0. The second-order valence-electron chi connectivity index (χ2n) is 0. The first kappa shape index (κ1) is 86.2. The van der Waals surface area contributed by atoms with Crippen LogP contribution >= 0.6 is 0 Å². The summed E-state index contributed by atoms with van der Waals surface area (Å²) in [5, 5.41) is 0. The van der Waals surface area contributed by atoms with Crippen LogP contribution in [0.2, 0.25) is 0 Å². The Bertz CT molecular complexity index is 11.6. The summed E-state index contributed by atoms with van der Waals surface area (Å²) in [6.45, 7) is 0. The van der Waals surface area contributed by atoms with Crippen molar-refractivity contribution in [3.63, 3.8) is 0 Å². The van der Waals surface area contributed by atoms with E-state index >= 15 is 0 Å². The van der Waals surface area contributed by atoms with E-state index in [0.717, 1.165) is 0 Å². The van der Waals surface area contributed by atoms with Gasteiger partial charge in [0.05, 0.1) is 0 Å². The molecule has 5 heavy (non-hydrogen) atoms. The normalized spacial score (nSPS) is 0. The standard InChI is InChI=1S/CH4.H3N.H2O.Ti.Zr/h1H4;1H3;1H2;;. The van der Waals surface area contributed by atoms with Crippen LogP contribution in [-0.4, -0.2) is 5.48 Å². The minimum atomic E-state index is 0. The Labute approximate surface area is 66.6 Å². The van der Waals surface area contributed by atoms with E-state index in [4.69, 9.17) is 0 Å². The van der Waals surface area contributed by atoms with Crippen LogP contribution in [0.4, 0.5) is 0 Å². The molecular weight excluding hydrogens is 181 g/mol. The Morgan fingerprint density at radius 3 is 1.00 bits per heavy atom. The molecule has 2 nitrogen and oxygen atoms in total. The van der Waals surface area contributed by atoms with Gasteiger partial charge in [-0.15, -0.1) is 0 Å². The van der Waals surface area contributed by atoms with Crippen molar-refractivity contribution in [3.05, 3.63) is 0 Å². The summed E-state index contributed by atoms with van der Waals surface area (Å²) in [5.74, 6) is 0. The average molecular weight is 190 g/mol. The molecule has 0 bridgehead atoms. The van der Waals surface area contributed by atoms with E-state index in [1.165, 1.54) is 0 Å². The molecule has 0 spiro atoms. The van der Waals surface area contributed by atoms with E-state index in [2.05, 4.69) is 0 Å². The molecule has 0 rings (SSSR count). The molecule has 0 unspecified atom stereocenters. The van der Waals surface area contributed by atoms with E-state index < -0.39 is 0 Å². The molecule has 0 radical (unpaired) electrons. The van der Waals surface area contributed by atoms with Crippen LogP contribution in [-0.2, 0) is 47.9 Å². The quantitative estimate of drug-likeness (QED) is 0.535. The molecule has 32 valence electrons. The van der Waals surface area contributed by atoms with Gasteiger partial charge < -0.3 is 11.6 Å². The Morgan fingerprint density at radius 1 is 1.00 bits per heavy atom. The second kappa shape index (κ2) is 48.9. The minimum Gasteiger partial charge on any atom is -0.412 e. The zero-order valence-corrected chi connectivity index (χ0v) is 6.23. The van der Waals surface area contributed by atoms with Gasteiger partial charge >= 0.3 is 0 Å². The van der Waals surface area contributed by atoms with Crippen molar-refractivity contribution in [2.75, 3.05) is 0 Å². The van der Waals surface area contributed by atoms with Crippen LogP contribution in [0.1, 0.15) is 7.43 Å². The van der Waals surface area contributed by atoms with Crippen LogP contribution < -0.4 is 6.15 Å². The van der Waals surface area contributed by atoms with Crippen molar-refractivity contribution in [1.82, 2.24) is 6.15 Å². The van der Waals surface area contributed by atoms with Crippen LogP contribution in [0, 0.1) is 0 Å². The maximum Gasteiger partial charge on any atom is 0 e. The zero-order valence-electron chi connectivity index (χ0n) is 2.21. The minimum absolute atomic E-state index is 0. The van der Waals surface area contributed by atoms with Crippen molar-refractivity contribution in [1.29, 1.82) is 0 Å². The van der Waals surface area contributed by atoms with Gasteiger partial charge in [-0.1, -0.05) is 7.43 Å². The van der Waals surface area contributed by atoms with Crippen LogP contribution in [0.25, 0.3) is 0 Å². The summed E-state index contributed by atoms with van der Waals surface area (Å²) in [6, 6.07) is 0. The van der Waals surface area contributed by atoms with Gasteiger partial charge in [0.2, 0.25) is 0 Å². The topological polar surface area (TPSA) is 66.5 Å². The molecule has 0 amide bonds. The van der Waals surface area contributed by atoms with E-state index in [0.29, 0.717) is 0 Å². The summed E-state index contributed by atoms with van der Waals surface area (Å²) in [5.41, 5.74) is 0. The molecule has 5 N–H and O–H groups in total. The van der Waals surface area contributed by atoms with E-state index in [-0.39, 0.29) is 67.0 Å². The maximum atomic E-state index is 0. The fourth-order valence-corrected chi connectivity index (χ4v) is 0. The van der Waals surface area contributed by atoms with Gasteiger partial charge in [0.25, 0.3) is 0 Å². The predicted octanol–water partition coefficient (Wildman–Crippen LogP) is -0.0316. The fraction of sp³-hybridized carbons (Fsp3) is 1.00. The smallest absolute Gasteiger partial charge is 0 e. The van der Waals surface area contributed by atoms with Gasteiger partial charge in [-0.05, 0) is 0 Å². The molecule has 4 heteroatoms. The van der Waals surface area contributed by atoms with Crippen LogP contribution in [0.5, 0.6) is 0 Å². The third kappa shape index (κ3) is 29.6. The number of hydrogen-bond donors (Lipinski definition) is 1. The van der Waals surface area contributed by atoms with Crippen molar-refractivity contribution < 1.29 is 53.4 Å². The molecule has 0 aromatic carbocycles. The van der Waals surface area contributed by atoms with Gasteiger partial charge in [-0.3, -0.25) is 0 Å². The van der Waals surface area contributed by atoms with Crippen molar-refractivity contribution in [3.8, 4) is 0 Å². The Morgan fingerprint density at radius 2 is 1.00 bits per heavy atom. The Kier molecular flexibility index (Phi) is 843. The van der Waals surface area contributed by atoms with E-state index in [1.54, 1.807) is 0 Å². The molecular formula is CH9NOTiZr. The van der Waals surface area contributed by atoms with E-state index in [9.17, 15) is 0 Å². The van der Waals surface area contributed by atoms with Crippen molar-refractivity contribution in [2.45, 2.75) is 7.43 Å². The van der Waals surface area contributed by atoms with Gasteiger partial charge in [0.15, 0.2) is 0 Å². The number of hydrogen-bond acceptors (Lipinski definition) is 1. The molecule has 0 saturated carbocycles. The third-order valence-corrected chi connectivity index (χ3v) is 0. The molecule has 0 aromatic heterocycles. The summed E-state index contributed by atoms with van der Waals surface area (Å²) in [7, 11) is 0. The molecule has 0 fully saturated rings. The van der Waals surface area contributed by atoms with Gasteiger partial charge in [-0.25, -0.2) is 0 Å². The van der Waals surface area contributed by atoms with Crippen molar-refractivity contribution >= 4 is 0 Å². The number of rotatable bonds is 0. The Hall–Kier alpha value is 1.52. The Balaban J connectivity index is 0. The largest absolute Gasteiger partial charge is 0.412 e. The summed E-state index contributed by atoms with van der Waals surface area (Å²) in [4.78, 5) is 0. The third-order valence-electron chi connectivity index (χ3n) is 0. The molecule has 0 aliphatic heterocycles. The van der Waals surface area contributed by atoms with E-state index in [1.807, 2.05) is 0 Å². The molecule has 0 aliphatic rings. The first-order valence-electron chi connectivity index (χ1n) is 0. The first-order chi connectivity index (χ1) is 0. The summed E-state index contributed by atoms with van der Waals surface area (Å²) in [6.07, 6.45) is 0. The molecule has 0 aliphatic carbocycles.